The average molecular weight is 541 g/mol. The van der Waals surface area contributed by atoms with Crippen LogP contribution >= 0.6 is 0 Å². The quantitative estimate of drug-likeness (QED) is 0.333. The number of hydroxylamine groups is 1. The third kappa shape index (κ3) is 10.2. The van der Waals surface area contributed by atoms with Crippen molar-refractivity contribution in [3.8, 4) is 0 Å². The molecule has 4 amide bonds. The second-order valence-corrected chi connectivity index (χ2v) is 10.1. The summed E-state index contributed by atoms with van der Waals surface area (Å²) in [6, 6.07) is 15.2. The van der Waals surface area contributed by atoms with E-state index in [1.807, 2.05) is 30.3 Å². The van der Waals surface area contributed by atoms with Crippen LogP contribution in [-0.4, -0.2) is 54.3 Å². The van der Waals surface area contributed by atoms with Gasteiger partial charge in [0.1, 0.15) is 12.2 Å². The minimum absolute atomic E-state index is 0.0837. The minimum Gasteiger partial charge on any atom is -0.445 e. The predicted octanol–water partition coefficient (Wildman–Crippen LogP) is 4.45. The van der Waals surface area contributed by atoms with Crippen LogP contribution in [0.5, 0.6) is 0 Å². The van der Waals surface area contributed by atoms with Crippen LogP contribution in [0.3, 0.4) is 0 Å². The molecule has 0 saturated carbocycles. The summed E-state index contributed by atoms with van der Waals surface area (Å²) in [5, 5.41) is 5.47. The molecule has 11 nitrogen and oxygen atoms in total. The first-order valence-corrected chi connectivity index (χ1v) is 12.9. The van der Waals surface area contributed by atoms with Crippen molar-refractivity contribution in [3.63, 3.8) is 0 Å². The zero-order valence-corrected chi connectivity index (χ0v) is 22.5. The summed E-state index contributed by atoms with van der Waals surface area (Å²) in [6.45, 7) is 6.74. The molecule has 0 spiro atoms. The lowest BCUT2D eigenvalue weighted by molar-refractivity contribution is 0.0450. The number of nitrogens with zero attached hydrogens (tertiary/aromatic N) is 1. The molecular formula is C28H36N4O7. The number of hydrogen-bond acceptors (Lipinski definition) is 7. The van der Waals surface area contributed by atoms with Gasteiger partial charge in [0.25, 0.3) is 5.91 Å². The Labute approximate surface area is 228 Å². The van der Waals surface area contributed by atoms with Gasteiger partial charge in [-0.2, -0.15) is 5.48 Å². The number of hydrogen-bond donors (Lipinski definition) is 3. The lowest BCUT2D eigenvalue weighted by Crippen LogP contribution is -2.36. The number of amides is 4. The molecule has 0 bridgehead atoms. The van der Waals surface area contributed by atoms with Crippen LogP contribution < -0.4 is 16.1 Å². The third-order valence-electron chi connectivity index (χ3n) is 5.75. The molecule has 2 aromatic rings. The Morgan fingerprint density at radius 2 is 1.67 bits per heavy atom. The smallest absolute Gasteiger partial charge is 0.434 e. The number of rotatable bonds is 8. The van der Waals surface area contributed by atoms with Gasteiger partial charge in [0.15, 0.2) is 0 Å². The lowest BCUT2D eigenvalue weighted by atomic mass is 10.0. The van der Waals surface area contributed by atoms with E-state index in [0.717, 1.165) is 18.4 Å². The van der Waals surface area contributed by atoms with Crippen molar-refractivity contribution in [2.75, 3.05) is 19.6 Å². The van der Waals surface area contributed by atoms with Crippen LogP contribution in [0.15, 0.2) is 54.6 Å². The predicted molar refractivity (Wildman–Crippen MR) is 143 cm³/mol. The molecule has 1 heterocycles. The molecule has 0 aromatic heterocycles. The Morgan fingerprint density at radius 1 is 0.949 bits per heavy atom. The van der Waals surface area contributed by atoms with Gasteiger partial charge in [-0.15, -0.1) is 0 Å². The van der Waals surface area contributed by atoms with Gasteiger partial charge in [0, 0.05) is 25.2 Å². The van der Waals surface area contributed by atoms with Crippen molar-refractivity contribution >= 4 is 24.2 Å². The van der Waals surface area contributed by atoms with E-state index in [-0.39, 0.29) is 25.1 Å². The van der Waals surface area contributed by atoms with Crippen LogP contribution in [0, 0.1) is 0 Å². The topological polar surface area (TPSA) is 135 Å². The second kappa shape index (κ2) is 14.0. The van der Waals surface area contributed by atoms with Gasteiger partial charge in [-0.1, -0.05) is 42.5 Å². The van der Waals surface area contributed by atoms with E-state index in [1.165, 1.54) is 4.90 Å². The van der Waals surface area contributed by atoms with E-state index in [2.05, 4.69) is 16.1 Å². The zero-order chi connectivity index (χ0) is 28.3. The Morgan fingerprint density at radius 3 is 2.36 bits per heavy atom. The van der Waals surface area contributed by atoms with E-state index in [4.69, 9.17) is 14.3 Å². The highest BCUT2D eigenvalue weighted by Gasteiger charge is 2.22. The van der Waals surface area contributed by atoms with Gasteiger partial charge in [-0.3, -0.25) is 4.79 Å². The number of ether oxygens (including phenoxy) is 2. The molecule has 1 aliphatic heterocycles. The summed E-state index contributed by atoms with van der Waals surface area (Å²) in [5.74, 6) is -0.610. The van der Waals surface area contributed by atoms with E-state index < -0.39 is 35.8 Å². The molecule has 2 aromatic carbocycles. The van der Waals surface area contributed by atoms with Crippen LogP contribution in [0.4, 0.5) is 14.4 Å². The molecule has 3 N–H and O–H groups in total. The molecule has 1 saturated heterocycles. The molecule has 1 atom stereocenters. The summed E-state index contributed by atoms with van der Waals surface area (Å²) in [7, 11) is 0. The fourth-order valence-electron chi connectivity index (χ4n) is 3.87. The first kappa shape index (κ1) is 29.3. The highest BCUT2D eigenvalue weighted by atomic mass is 16.7. The van der Waals surface area contributed by atoms with Crippen molar-refractivity contribution < 1.29 is 33.5 Å². The molecule has 0 aliphatic carbocycles. The Balaban J connectivity index is 1.64. The van der Waals surface area contributed by atoms with Gasteiger partial charge in [-0.05, 0) is 63.3 Å². The number of benzene rings is 2. The zero-order valence-electron chi connectivity index (χ0n) is 22.5. The molecule has 1 aliphatic rings. The van der Waals surface area contributed by atoms with Gasteiger partial charge >= 0.3 is 18.3 Å². The van der Waals surface area contributed by atoms with E-state index in [0.29, 0.717) is 18.7 Å². The molecular weight excluding hydrogens is 504 g/mol. The third-order valence-corrected chi connectivity index (χ3v) is 5.75. The Bertz CT molecular complexity index is 1130. The lowest BCUT2D eigenvalue weighted by Gasteiger charge is -2.22. The molecule has 11 heteroatoms. The van der Waals surface area contributed by atoms with Crippen molar-refractivity contribution in [3.05, 3.63) is 71.3 Å². The van der Waals surface area contributed by atoms with Crippen LogP contribution in [0.25, 0.3) is 0 Å². The van der Waals surface area contributed by atoms with Crippen LogP contribution in [0.1, 0.15) is 67.6 Å². The van der Waals surface area contributed by atoms with E-state index in [1.54, 1.807) is 45.0 Å². The summed E-state index contributed by atoms with van der Waals surface area (Å²) in [5.41, 5.74) is 3.19. The standard InChI is InChI=1S/C28H36N4O7/c1-28(2,3)38-25(34)29-15-14-23(30-26(35)37-19-20-10-5-4-6-11-20)21-12-9-13-22(18-21)24(33)31-39-27(36)32-16-7-8-17-32/h4-6,9-13,18,23H,7-8,14-17,19H2,1-3H3,(H,29,34)(H,30,35)(H,31,33)/t23-/m1/s1. The van der Waals surface area contributed by atoms with Gasteiger partial charge in [-0.25, -0.2) is 14.4 Å². The largest absolute Gasteiger partial charge is 0.445 e. The molecule has 39 heavy (non-hydrogen) atoms. The van der Waals surface area contributed by atoms with E-state index in [9.17, 15) is 19.2 Å². The summed E-state index contributed by atoms with van der Waals surface area (Å²) < 4.78 is 10.6. The first-order chi connectivity index (χ1) is 18.6. The number of carbonyl (C=O) groups is 4. The summed E-state index contributed by atoms with van der Waals surface area (Å²) in [4.78, 5) is 55.9. The number of carbonyl (C=O) groups excluding carboxylic acids is 4. The maximum atomic E-state index is 12.7. The number of likely N-dealkylation sites (tertiary alicyclic amines) is 1. The minimum atomic E-state index is -0.657. The molecule has 0 unspecified atom stereocenters. The average Bonchev–Trinajstić information content (AvgIpc) is 3.45. The Hall–Kier alpha value is -4.28. The monoisotopic (exact) mass is 540 g/mol. The highest BCUT2D eigenvalue weighted by molar-refractivity contribution is 5.94. The van der Waals surface area contributed by atoms with Crippen LogP contribution in [0.2, 0.25) is 0 Å². The summed E-state index contributed by atoms with van der Waals surface area (Å²) >= 11 is 0. The van der Waals surface area contributed by atoms with Gasteiger partial charge in [0.05, 0.1) is 6.04 Å². The highest BCUT2D eigenvalue weighted by Crippen LogP contribution is 2.19. The SMILES string of the molecule is CC(C)(C)OC(=O)NCC[C@@H](NC(=O)OCc1ccccc1)c1cccc(C(=O)NOC(=O)N2CCCC2)c1. The van der Waals surface area contributed by atoms with Gasteiger partial charge < -0.3 is 29.8 Å². The van der Waals surface area contributed by atoms with Gasteiger partial charge in [0.2, 0.25) is 0 Å². The number of nitrogens with one attached hydrogen (secondary N) is 3. The van der Waals surface area contributed by atoms with Crippen molar-refractivity contribution in [2.24, 2.45) is 0 Å². The number of alkyl carbamates (subject to hydrolysis) is 2. The maximum Gasteiger partial charge on any atom is 0.434 e. The molecule has 1 fully saturated rings. The summed E-state index contributed by atoms with van der Waals surface area (Å²) in [6.07, 6.45) is 0.239. The maximum absolute atomic E-state index is 12.7. The molecule has 210 valence electrons. The molecule has 0 radical (unpaired) electrons. The van der Waals surface area contributed by atoms with Crippen molar-refractivity contribution in [1.29, 1.82) is 0 Å². The first-order valence-electron chi connectivity index (χ1n) is 12.9. The molecule has 3 rings (SSSR count). The Kier molecular flexibility index (Phi) is 10.5. The second-order valence-electron chi connectivity index (χ2n) is 10.1. The van der Waals surface area contributed by atoms with Crippen LogP contribution in [-0.2, 0) is 20.9 Å². The van der Waals surface area contributed by atoms with E-state index >= 15 is 0 Å². The normalized spacial score (nSPS) is 13.7. The fraction of sp³-hybridized carbons (Fsp3) is 0.429. The van der Waals surface area contributed by atoms with Crippen molar-refractivity contribution in [2.45, 2.75) is 58.3 Å². The fourth-order valence-corrected chi connectivity index (χ4v) is 3.87. The van der Waals surface area contributed by atoms with Crippen molar-refractivity contribution in [1.82, 2.24) is 21.0 Å².